The number of phenols is 1. The van der Waals surface area contributed by atoms with E-state index >= 15 is 0 Å². The van der Waals surface area contributed by atoms with Gasteiger partial charge in [0.05, 0.1) is 25.4 Å². The van der Waals surface area contributed by atoms with E-state index in [1.807, 2.05) is 0 Å². The van der Waals surface area contributed by atoms with E-state index in [0.717, 1.165) is 0 Å². The molecule has 15 nitrogen and oxygen atoms in total. The first-order valence-electron chi connectivity index (χ1n) is 11.4. The Hall–Kier alpha value is -2.60. The van der Waals surface area contributed by atoms with Crippen molar-refractivity contribution in [3.05, 3.63) is 23.8 Å². The maximum absolute atomic E-state index is 12.5. The molecule has 0 spiro atoms. The molecule has 2 fully saturated rings. The fraction of sp³-hybridized carbons (Fsp3) is 0.636. The molecule has 15 heteroatoms. The number of phenolic OH excluding ortho intramolecular Hbond substituents is 1. The summed E-state index contributed by atoms with van der Waals surface area (Å²) < 4.78 is 21.4. The topological polar surface area (TPSA) is 251 Å². The molecule has 2 saturated heterocycles. The molecule has 0 saturated carbocycles. The molecule has 1 aromatic rings. The van der Waals surface area contributed by atoms with E-state index in [4.69, 9.17) is 29.8 Å². The molecule has 208 valence electrons. The molecular formula is C22H32N2O13. The highest BCUT2D eigenvalue weighted by atomic mass is 16.6. The molecule has 2 aliphatic heterocycles. The predicted octanol–water partition coefficient (Wildman–Crippen LogP) is -3.64. The fourth-order valence-electron chi connectivity index (χ4n) is 4.27. The Morgan fingerprint density at radius 2 is 1.68 bits per heavy atom. The molecule has 1 aromatic carbocycles. The third-order valence-electron chi connectivity index (χ3n) is 6.41. The maximum Gasteiger partial charge on any atom is 0.342 e. The van der Waals surface area contributed by atoms with Crippen molar-refractivity contribution in [3.63, 3.8) is 0 Å². The predicted molar refractivity (Wildman–Crippen MR) is 121 cm³/mol. The molecule has 3 rings (SSSR count). The Bertz CT molecular complexity index is 949. The summed E-state index contributed by atoms with van der Waals surface area (Å²) in [6.07, 6.45) is -12.3. The van der Waals surface area contributed by atoms with Crippen molar-refractivity contribution < 1.29 is 64.3 Å². The molecule has 0 aliphatic carbocycles. The number of esters is 1. The van der Waals surface area contributed by atoms with Gasteiger partial charge in [-0.25, -0.2) is 9.59 Å². The number of hydrogen-bond acceptors (Lipinski definition) is 14. The second kappa shape index (κ2) is 12.3. The van der Waals surface area contributed by atoms with E-state index in [9.17, 15) is 40.2 Å². The summed E-state index contributed by atoms with van der Waals surface area (Å²) in [7, 11) is 1.48. The van der Waals surface area contributed by atoms with Gasteiger partial charge in [0.15, 0.2) is 12.4 Å². The highest BCUT2D eigenvalue weighted by Gasteiger charge is 2.48. The van der Waals surface area contributed by atoms with Crippen LogP contribution in [-0.2, 0) is 23.7 Å². The molecule has 2 heterocycles. The quantitative estimate of drug-likeness (QED) is 0.0845. The van der Waals surface area contributed by atoms with E-state index in [1.54, 1.807) is 0 Å². The van der Waals surface area contributed by atoms with Gasteiger partial charge in [0, 0.05) is 11.6 Å². The van der Waals surface area contributed by atoms with Gasteiger partial charge in [0.2, 0.25) is 0 Å². The number of aromatic hydroxyl groups is 1. The number of hydrogen-bond donors (Lipinski definition) is 9. The number of likely N-dealkylation sites (N-methyl/N-ethyl adjacent to an activating group) is 1. The number of benzene rings is 1. The van der Waals surface area contributed by atoms with Gasteiger partial charge in [0.25, 0.3) is 0 Å². The number of carboxylic acids is 1. The fourth-order valence-corrected chi connectivity index (χ4v) is 4.27. The zero-order chi connectivity index (χ0) is 27.4. The average molecular weight is 532 g/mol. The number of carbonyl (C=O) groups is 2. The Balaban J connectivity index is 1.66. The van der Waals surface area contributed by atoms with E-state index in [1.165, 1.54) is 25.2 Å². The van der Waals surface area contributed by atoms with E-state index in [0.29, 0.717) is 0 Å². The lowest BCUT2D eigenvalue weighted by Gasteiger charge is -2.43. The van der Waals surface area contributed by atoms with Crippen LogP contribution in [0.25, 0.3) is 0 Å². The zero-order valence-corrected chi connectivity index (χ0v) is 19.8. The third kappa shape index (κ3) is 6.46. The van der Waals surface area contributed by atoms with Crippen LogP contribution in [0.3, 0.4) is 0 Å². The monoisotopic (exact) mass is 532 g/mol. The number of aliphatic carboxylic acids is 1. The zero-order valence-electron chi connectivity index (χ0n) is 19.8. The van der Waals surface area contributed by atoms with E-state index < -0.39 is 86.1 Å². The molecule has 2 aliphatic rings. The lowest BCUT2D eigenvalue weighted by atomic mass is 9.88. The lowest BCUT2D eigenvalue weighted by Crippen LogP contribution is -2.62. The first kappa shape index (κ1) is 29.0. The molecular weight excluding hydrogens is 500 g/mol. The number of ether oxygens (including phenoxy) is 4. The van der Waals surface area contributed by atoms with Gasteiger partial charge in [0.1, 0.15) is 48.4 Å². The lowest BCUT2D eigenvalue weighted by molar-refractivity contribution is -0.253. The number of nitrogens with one attached hydrogen (secondary N) is 1. The minimum Gasteiger partial charge on any atom is -0.507 e. The summed E-state index contributed by atoms with van der Waals surface area (Å²) >= 11 is 0. The summed E-state index contributed by atoms with van der Waals surface area (Å²) in [5.41, 5.74) is 5.65. The van der Waals surface area contributed by atoms with Crippen LogP contribution in [-0.4, -0.2) is 130 Å². The number of anilines is 1. The summed E-state index contributed by atoms with van der Waals surface area (Å²) in [6, 6.07) is 2.88. The minimum atomic E-state index is -1.85. The van der Waals surface area contributed by atoms with Gasteiger partial charge in [-0.2, -0.15) is 0 Å². The molecule has 37 heavy (non-hydrogen) atoms. The first-order valence-corrected chi connectivity index (χ1v) is 11.4. The molecule has 4 unspecified atom stereocenters. The van der Waals surface area contributed by atoms with Crippen molar-refractivity contribution in [2.45, 2.75) is 55.1 Å². The van der Waals surface area contributed by atoms with Crippen molar-refractivity contribution in [2.24, 2.45) is 5.92 Å². The van der Waals surface area contributed by atoms with Gasteiger partial charge >= 0.3 is 11.9 Å². The summed E-state index contributed by atoms with van der Waals surface area (Å²) in [5, 5.41) is 72.7. The number of carbonyl (C=O) groups excluding carboxylic acids is 1. The largest absolute Gasteiger partial charge is 0.507 e. The standard InChI is InChI=1S/C22H32N2O13/c1-24-14-15(26)10(5-34-6-13-16(27)17(28)18(29)19(36-13)20(30)31)12(37-22(14)33)7-35-21(32)9-4-8(23)2-3-11(9)25/h2-4,10,12-19,22,24-29,33H,5-7,23H2,1H3,(H,30,31)/t10-,12?,13-,14?,15-,16?,17+,18+,19?,22+/m0/s1. The number of aliphatic hydroxyl groups excluding tert-OH is 5. The second-order valence-electron chi connectivity index (χ2n) is 8.85. The average Bonchev–Trinajstić information content (AvgIpc) is 2.85. The molecule has 0 aromatic heterocycles. The smallest absolute Gasteiger partial charge is 0.342 e. The molecule has 0 bridgehead atoms. The van der Waals surface area contributed by atoms with Crippen LogP contribution in [0.15, 0.2) is 18.2 Å². The van der Waals surface area contributed by atoms with Crippen LogP contribution < -0.4 is 11.1 Å². The van der Waals surface area contributed by atoms with Crippen molar-refractivity contribution in [1.29, 1.82) is 0 Å². The van der Waals surface area contributed by atoms with Crippen molar-refractivity contribution in [2.75, 3.05) is 32.6 Å². The number of aliphatic hydroxyl groups is 5. The molecule has 10 N–H and O–H groups in total. The number of rotatable bonds is 9. The van der Waals surface area contributed by atoms with Gasteiger partial charge in [-0.15, -0.1) is 0 Å². The summed E-state index contributed by atoms with van der Waals surface area (Å²) in [5.74, 6) is -3.75. The molecule has 10 atom stereocenters. The van der Waals surface area contributed by atoms with Crippen LogP contribution >= 0.6 is 0 Å². The van der Waals surface area contributed by atoms with Crippen LogP contribution in [0.4, 0.5) is 5.69 Å². The van der Waals surface area contributed by atoms with Gasteiger partial charge in [-0.3, -0.25) is 0 Å². The van der Waals surface area contributed by atoms with Gasteiger partial charge < -0.3 is 65.7 Å². The summed E-state index contributed by atoms with van der Waals surface area (Å²) in [4.78, 5) is 23.7. The highest BCUT2D eigenvalue weighted by molar-refractivity contribution is 5.93. The van der Waals surface area contributed by atoms with Crippen LogP contribution in [0, 0.1) is 5.92 Å². The Morgan fingerprint density at radius 1 is 0.973 bits per heavy atom. The van der Waals surface area contributed by atoms with E-state index in [2.05, 4.69) is 5.32 Å². The van der Waals surface area contributed by atoms with Crippen LogP contribution in [0.5, 0.6) is 5.75 Å². The van der Waals surface area contributed by atoms with Crippen LogP contribution in [0.2, 0.25) is 0 Å². The van der Waals surface area contributed by atoms with Gasteiger partial charge in [-0.05, 0) is 25.2 Å². The van der Waals surface area contributed by atoms with Crippen LogP contribution in [0.1, 0.15) is 10.4 Å². The molecule has 0 amide bonds. The Morgan fingerprint density at radius 3 is 2.32 bits per heavy atom. The third-order valence-corrected chi connectivity index (χ3v) is 6.41. The van der Waals surface area contributed by atoms with Crippen molar-refractivity contribution in [3.8, 4) is 5.75 Å². The Labute approximate surface area is 210 Å². The Kier molecular flexibility index (Phi) is 9.63. The SMILES string of the molecule is CNC1[C@H](O)OC(COC(=O)c2cc(N)ccc2O)[C@H](COC[C@@H]2OC(C(=O)O)[C@H](O)[C@H](O)C2O)[C@@H]1O. The highest BCUT2D eigenvalue weighted by Crippen LogP contribution is 2.28. The number of carboxylic acid groups (broad SMARTS) is 1. The first-order chi connectivity index (χ1) is 17.5. The van der Waals surface area contributed by atoms with Crippen molar-refractivity contribution >= 4 is 17.6 Å². The van der Waals surface area contributed by atoms with Gasteiger partial charge in [-0.1, -0.05) is 0 Å². The van der Waals surface area contributed by atoms with E-state index in [-0.39, 0.29) is 23.6 Å². The molecule has 0 radical (unpaired) electrons. The second-order valence-corrected chi connectivity index (χ2v) is 8.85. The van der Waals surface area contributed by atoms with Crippen molar-refractivity contribution in [1.82, 2.24) is 5.32 Å². The normalized spacial score (nSPS) is 36.2. The minimum absolute atomic E-state index is 0.199. The summed E-state index contributed by atoms with van der Waals surface area (Å²) in [6.45, 7) is -1.19. The maximum atomic E-state index is 12.5. The number of nitrogen functional groups attached to an aromatic ring is 1. The number of nitrogens with two attached hydrogens (primary N) is 1.